The van der Waals surface area contributed by atoms with Gasteiger partial charge in [-0.3, -0.25) is 4.79 Å². The van der Waals surface area contributed by atoms with Crippen molar-refractivity contribution >= 4 is 5.91 Å². The maximum atomic E-state index is 13.0. The lowest BCUT2D eigenvalue weighted by Gasteiger charge is -2.32. The normalized spacial score (nSPS) is 17.8. The zero-order valence-electron chi connectivity index (χ0n) is 13.0. The van der Waals surface area contributed by atoms with Crippen LogP contribution in [0, 0.1) is 0 Å². The first kappa shape index (κ1) is 14.6. The summed E-state index contributed by atoms with van der Waals surface area (Å²) in [7, 11) is 0. The summed E-state index contributed by atoms with van der Waals surface area (Å²) in [4.78, 5) is 22.4. The van der Waals surface area contributed by atoms with Gasteiger partial charge in [0.25, 0.3) is 5.91 Å². The number of nitrogens with one attached hydrogen (secondary N) is 2. The lowest BCUT2D eigenvalue weighted by atomic mass is 9.96. The minimum absolute atomic E-state index is 0.00773. The molecule has 0 bridgehead atoms. The number of imidazole rings is 1. The van der Waals surface area contributed by atoms with E-state index in [0.717, 1.165) is 25.2 Å². The van der Waals surface area contributed by atoms with Crippen LogP contribution in [0.4, 0.5) is 0 Å². The van der Waals surface area contributed by atoms with Gasteiger partial charge in [-0.25, -0.2) is 4.98 Å². The van der Waals surface area contributed by atoms with Gasteiger partial charge in [0.1, 0.15) is 5.82 Å². The Labute approximate surface area is 138 Å². The molecule has 0 spiro atoms. The Morgan fingerprint density at radius 2 is 2.21 bits per heavy atom. The Balaban J connectivity index is 1.60. The molecule has 1 aromatic carbocycles. The topological polar surface area (TPSA) is 103 Å². The van der Waals surface area contributed by atoms with Crippen molar-refractivity contribution in [1.82, 2.24) is 35.5 Å². The predicted octanol–water partition coefficient (Wildman–Crippen LogP) is 1.61. The van der Waals surface area contributed by atoms with Crippen LogP contribution in [-0.4, -0.2) is 54.5 Å². The number of hydrogen-bond donors (Lipinski definition) is 2. The largest absolute Gasteiger partial charge is 0.348 e. The average molecular weight is 323 g/mol. The van der Waals surface area contributed by atoms with E-state index in [4.69, 9.17) is 0 Å². The maximum Gasteiger partial charge on any atom is 0.254 e. The summed E-state index contributed by atoms with van der Waals surface area (Å²) >= 11 is 0. The third kappa shape index (κ3) is 2.66. The Hall–Kier alpha value is -3.03. The number of nitrogens with zero attached hydrogens (tertiary/aromatic N) is 5. The SMILES string of the molecule is O=C(c1ccccc1-c1nn[nH]n1)N1CCC[C@H](c2ncc[nH]2)C1. The number of amides is 1. The van der Waals surface area contributed by atoms with Crippen LogP contribution in [0.2, 0.25) is 0 Å². The van der Waals surface area contributed by atoms with E-state index in [1.807, 2.05) is 35.4 Å². The Morgan fingerprint density at radius 3 is 3.00 bits per heavy atom. The molecular weight excluding hydrogens is 306 g/mol. The molecule has 0 aliphatic carbocycles. The van der Waals surface area contributed by atoms with Crippen LogP contribution in [0.25, 0.3) is 11.4 Å². The number of H-pyrrole nitrogens is 2. The Bertz CT molecular complexity index is 813. The van der Waals surface area contributed by atoms with E-state index < -0.39 is 0 Å². The van der Waals surface area contributed by atoms with Gasteiger partial charge in [-0.2, -0.15) is 5.21 Å². The van der Waals surface area contributed by atoms with Crippen LogP contribution in [0.5, 0.6) is 0 Å². The minimum atomic E-state index is -0.00773. The summed E-state index contributed by atoms with van der Waals surface area (Å²) < 4.78 is 0. The number of likely N-dealkylation sites (tertiary alicyclic amines) is 1. The summed E-state index contributed by atoms with van der Waals surface area (Å²) in [6.45, 7) is 1.41. The second-order valence-electron chi connectivity index (χ2n) is 5.85. The fraction of sp³-hybridized carbons (Fsp3) is 0.312. The number of rotatable bonds is 3. The first-order valence-electron chi connectivity index (χ1n) is 7.94. The van der Waals surface area contributed by atoms with Crippen molar-refractivity contribution in [3.8, 4) is 11.4 Å². The van der Waals surface area contributed by atoms with Gasteiger partial charge in [0.15, 0.2) is 0 Å². The summed E-state index contributed by atoms with van der Waals surface area (Å²) in [6.07, 6.45) is 5.56. The van der Waals surface area contributed by atoms with Gasteiger partial charge in [0.2, 0.25) is 5.82 Å². The molecule has 4 rings (SSSR count). The molecule has 0 radical (unpaired) electrons. The summed E-state index contributed by atoms with van der Waals surface area (Å²) in [5.41, 5.74) is 1.29. The van der Waals surface area contributed by atoms with E-state index in [1.165, 1.54) is 0 Å². The van der Waals surface area contributed by atoms with E-state index in [0.29, 0.717) is 23.5 Å². The van der Waals surface area contributed by atoms with Crippen molar-refractivity contribution in [2.75, 3.05) is 13.1 Å². The van der Waals surface area contributed by atoms with Crippen molar-refractivity contribution in [3.05, 3.63) is 48.0 Å². The van der Waals surface area contributed by atoms with E-state index in [9.17, 15) is 4.79 Å². The van der Waals surface area contributed by atoms with Crippen LogP contribution in [0.15, 0.2) is 36.7 Å². The van der Waals surface area contributed by atoms with Crippen LogP contribution >= 0.6 is 0 Å². The number of aromatic nitrogens is 6. The Kier molecular flexibility index (Phi) is 3.78. The smallest absolute Gasteiger partial charge is 0.254 e. The van der Waals surface area contributed by atoms with Gasteiger partial charge in [-0.1, -0.05) is 18.2 Å². The second-order valence-corrected chi connectivity index (χ2v) is 5.85. The highest BCUT2D eigenvalue weighted by Crippen LogP contribution is 2.27. The lowest BCUT2D eigenvalue weighted by molar-refractivity contribution is 0.0705. The fourth-order valence-corrected chi connectivity index (χ4v) is 3.20. The third-order valence-electron chi connectivity index (χ3n) is 4.36. The first-order valence-corrected chi connectivity index (χ1v) is 7.94. The molecule has 0 saturated carbocycles. The highest BCUT2D eigenvalue weighted by molar-refractivity contribution is 6.00. The first-order chi connectivity index (χ1) is 11.8. The average Bonchev–Trinajstić information content (AvgIpc) is 3.35. The molecule has 8 heteroatoms. The Morgan fingerprint density at radius 1 is 1.29 bits per heavy atom. The molecule has 3 aromatic rings. The number of tetrazole rings is 1. The van der Waals surface area contributed by atoms with E-state index in [1.54, 1.807) is 6.20 Å². The molecule has 1 fully saturated rings. The van der Waals surface area contributed by atoms with Gasteiger partial charge >= 0.3 is 0 Å². The maximum absolute atomic E-state index is 13.0. The van der Waals surface area contributed by atoms with Crippen LogP contribution in [-0.2, 0) is 0 Å². The molecule has 1 atom stereocenters. The van der Waals surface area contributed by atoms with Gasteiger partial charge in [-0.15, -0.1) is 10.2 Å². The van der Waals surface area contributed by atoms with Crippen molar-refractivity contribution in [2.24, 2.45) is 0 Å². The van der Waals surface area contributed by atoms with Gasteiger partial charge in [0.05, 0.1) is 5.56 Å². The van der Waals surface area contributed by atoms with Crippen LogP contribution in [0.1, 0.15) is 34.9 Å². The number of carbonyl (C=O) groups excluding carboxylic acids is 1. The monoisotopic (exact) mass is 323 g/mol. The standard InChI is InChI=1S/C16H17N7O/c24-16(13-6-2-1-5-12(13)15-19-21-22-20-15)23-9-3-4-11(10-23)14-17-7-8-18-14/h1-2,5-8,11H,3-4,9-10H2,(H,17,18)(H,19,20,21,22)/t11-/m0/s1. The van der Waals surface area contributed by atoms with Crippen LogP contribution < -0.4 is 0 Å². The molecule has 1 aliphatic heterocycles. The van der Waals surface area contributed by atoms with Crippen molar-refractivity contribution in [3.63, 3.8) is 0 Å². The van der Waals surface area contributed by atoms with Gasteiger partial charge < -0.3 is 9.88 Å². The second kappa shape index (κ2) is 6.23. The molecule has 2 N–H and O–H groups in total. The zero-order valence-corrected chi connectivity index (χ0v) is 13.0. The highest BCUT2D eigenvalue weighted by atomic mass is 16.2. The predicted molar refractivity (Wildman–Crippen MR) is 86.1 cm³/mol. The molecular formula is C16H17N7O. The minimum Gasteiger partial charge on any atom is -0.348 e. The quantitative estimate of drug-likeness (QED) is 0.762. The molecule has 8 nitrogen and oxygen atoms in total. The molecule has 3 heterocycles. The lowest BCUT2D eigenvalue weighted by Crippen LogP contribution is -2.39. The molecule has 0 unspecified atom stereocenters. The molecule has 122 valence electrons. The molecule has 24 heavy (non-hydrogen) atoms. The van der Waals surface area contributed by atoms with E-state index >= 15 is 0 Å². The van der Waals surface area contributed by atoms with E-state index in [-0.39, 0.29) is 11.8 Å². The fourth-order valence-electron chi connectivity index (χ4n) is 3.20. The van der Waals surface area contributed by atoms with Gasteiger partial charge in [0, 0.05) is 37.0 Å². The molecule has 1 aliphatic rings. The number of carbonyl (C=O) groups is 1. The summed E-state index contributed by atoms with van der Waals surface area (Å²) in [5.74, 6) is 1.61. The zero-order chi connectivity index (χ0) is 16.4. The van der Waals surface area contributed by atoms with Gasteiger partial charge in [-0.05, 0) is 24.1 Å². The molecule has 1 amide bonds. The van der Waals surface area contributed by atoms with Crippen molar-refractivity contribution in [2.45, 2.75) is 18.8 Å². The van der Waals surface area contributed by atoms with Crippen molar-refractivity contribution in [1.29, 1.82) is 0 Å². The number of hydrogen-bond acceptors (Lipinski definition) is 5. The molecule has 1 saturated heterocycles. The van der Waals surface area contributed by atoms with Crippen molar-refractivity contribution < 1.29 is 4.79 Å². The van der Waals surface area contributed by atoms with E-state index in [2.05, 4.69) is 30.6 Å². The van der Waals surface area contributed by atoms with Crippen LogP contribution in [0.3, 0.4) is 0 Å². The number of aromatic amines is 2. The third-order valence-corrected chi connectivity index (χ3v) is 4.36. The molecule has 2 aromatic heterocycles. The summed E-state index contributed by atoms with van der Waals surface area (Å²) in [6, 6.07) is 7.37. The number of piperidine rings is 1. The number of benzene rings is 1. The summed E-state index contributed by atoms with van der Waals surface area (Å²) in [5, 5.41) is 14.0. The highest BCUT2D eigenvalue weighted by Gasteiger charge is 2.28.